The molecule has 122 valence electrons. The molecule has 1 atom stereocenters. The van der Waals surface area contributed by atoms with Crippen molar-refractivity contribution in [2.24, 2.45) is 5.92 Å². The molecule has 1 saturated heterocycles. The molecule has 22 heavy (non-hydrogen) atoms. The first-order valence-electron chi connectivity index (χ1n) is 8.39. The molecule has 0 radical (unpaired) electrons. The topological polar surface area (TPSA) is 41.1 Å². The zero-order valence-electron chi connectivity index (χ0n) is 13.1. The van der Waals surface area contributed by atoms with Crippen LogP contribution in [0.5, 0.6) is 0 Å². The summed E-state index contributed by atoms with van der Waals surface area (Å²) in [5.41, 5.74) is 1.48. The van der Waals surface area contributed by atoms with Crippen LogP contribution in [0.2, 0.25) is 0 Å². The van der Waals surface area contributed by atoms with Gasteiger partial charge in [-0.3, -0.25) is 4.79 Å². The second kappa shape index (κ2) is 8.54. The van der Waals surface area contributed by atoms with Crippen LogP contribution in [-0.2, 0) is 4.79 Å². The lowest BCUT2D eigenvalue weighted by Gasteiger charge is -2.29. The van der Waals surface area contributed by atoms with Crippen LogP contribution in [0.3, 0.4) is 0 Å². The number of halogens is 1. The molecule has 1 aliphatic heterocycles. The average molecular weight is 323 g/mol. The Bertz CT molecular complexity index is 451. The Morgan fingerprint density at radius 1 is 1.09 bits per heavy atom. The first-order chi connectivity index (χ1) is 10.3. The van der Waals surface area contributed by atoms with E-state index in [-0.39, 0.29) is 24.4 Å². The van der Waals surface area contributed by atoms with E-state index in [1.807, 2.05) is 0 Å². The molecule has 4 heteroatoms. The molecule has 0 bridgehead atoms. The third kappa shape index (κ3) is 4.47. The second-order valence-corrected chi connectivity index (χ2v) is 6.52. The normalized spacial score (nSPS) is 27.9. The number of hydrogen-bond donors (Lipinski definition) is 2. The van der Waals surface area contributed by atoms with E-state index < -0.39 is 0 Å². The summed E-state index contributed by atoms with van der Waals surface area (Å²) in [5, 5.41) is 6.41. The SMILES string of the molecule is Cl.O=C(NCC1CCC(c2ccccc2)CC1)C1CCCN1. The Kier molecular flexibility index (Phi) is 6.71. The van der Waals surface area contributed by atoms with Gasteiger partial charge in [-0.1, -0.05) is 30.3 Å². The Labute approximate surface area is 139 Å². The van der Waals surface area contributed by atoms with E-state index in [1.165, 1.54) is 31.2 Å². The van der Waals surface area contributed by atoms with E-state index in [2.05, 4.69) is 41.0 Å². The van der Waals surface area contributed by atoms with Gasteiger partial charge in [-0.15, -0.1) is 12.4 Å². The summed E-state index contributed by atoms with van der Waals surface area (Å²) in [6.07, 6.45) is 7.10. The number of rotatable bonds is 4. The van der Waals surface area contributed by atoms with Gasteiger partial charge in [0, 0.05) is 6.54 Å². The maximum Gasteiger partial charge on any atom is 0.237 e. The lowest BCUT2D eigenvalue weighted by molar-refractivity contribution is -0.123. The third-order valence-electron chi connectivity index (χ3n) is 5.06. The smallest absolute Gasteiger partial charge is 0.237 e. The van der Waals surface area contributed by atoms with E-state index in [0.717, 1.165) is 31.8 Å². The number of nitrogens with one attached hydrogen (secondary N) is 2. The van der Waals surface area contributed by atoms with Crippen molar-refractivity contribution in [1.29, 1.82) is 0 Å². The zero-order chi connectivity index (χ0) is 14.5. The number of carbonyl (C=O) groups is 1. The van der Waals surface area contributed by atoms with Crippen LogP contribution in [0.15, 0.2) is 30.3 Å². The molecule has 1 amide bonds. The van der Waals surface area contributed by atoms with Crippen molar-refractivity contribution in [3.05, 3.63) is 35.9 Å². The first-order valence-corrected chi connectivity index (χ1v) is 8.39. The van der Waals surface area contributed by atoms with E-state index in [0.29, 0.717) is 5.92 Å². The Morgan fingerprint density at radius 2 is 1.82 bits per heavy atom. The van der Waals surface area contributed by atoms with Crippen LogP contribution in [0, 0.1) is 5.92 Å². The third-order valence-corrected chi connectivity index (χ3v) is 5.06. The number of hydrogen-bond acceptors (Lipinski definition) is 2. The van der Waals surface area contributed by atoms with Crippen LogP contribution in [0.4, 0.5) is 0 Å². The molecule has 1 saturated carbocycles. The zero-order valence-corrected chi connectivity index (χ0v) is 13.9. The van der Waals surface area contributed by atoms with Crippen LogP contribution < -0.4 is 10.6 Å². The van der Waals surface area contributed by atoms with Gasteiger partial charge >= 0.3 is 0 Å². The van der Waals surface area contributed by atoms with Crippen molar-refractivity contribution in [2.75, 3.05) is 13.1 Å². The molecule has 3 nitrogen and oxygen atoms in total. The monoisotopic (exact) mass is 322 g/mol. The number of carbonyl (C=O) groups excluding carboxylic acids is 1. The minimum atomic E-state index is 0. The first kappa shape index (κ1) is 17.3. The molecule has 1 aliphatic carbocycles. The lowest BCUT2D eigenvalue weighted by atomic mass is 9.78. The summed E-state index contributed by atoms with van der Waals surface area (Å²) in [6, 6.07) is 10.9. The molecule has 1 aromatic rings. The minimum Gasteiger partial charge on any atom is -0.354 e. The largest absolute Gasteiger partial charge is 0.354 e. The summed E-state index contributed by atoms with van der Waals surface area (Å²) in [6.45, 7) is 1.85. The van der Waals surface area contributed by atoms with Crippen LogP contribution in [0.25, 0.3) is 0 Å². The van der Waals surface area contributed by atoms with Gasteiger partial charge in [-0.05, 0) is 62.5 Å². The van der Waals surface area contributed by atoms with Crippen molar-refractivity contribution < 1.29 is 4.79 Å². The van der Waals surface area contributed by atoms with Crippen molar-refractivity contribution in [2.45, 2.75) is 50.5 Å². The van der Waals surface area contributed by atoms with Gasteiger partial charge in [0.15, 0.2) is 0 Å². The predicted octanol–water partition coefficient (Wildman–Crippen LogP) is 3.25. The molecule has 0 aromatic heterocycles. The van der Waals surface area contributed by atoms with Gasteiger partial charge < -0.3 is 10.6 Å². The number of amides is 1. The highest BCUT2D eigenvalue weighted by molar-refractivity contribution is 5.85. The Morgan fingerprint density at radius 3 is 2.45 bits per heavy atom. The summed E-state index contributed by atoms with van der Waals surface area (Å²) in [7, 11) is 0. The molecule has 1 heterocycles. The molecule has 1 aromatic carbocycles. The lowest BCUT2D eigenvalue weighted by Crippen LogP contribution is -2.42. The van der Waals surface area contributed by atoms with Crippen LogP contribution in [-0.4, -0.2) is 25.0 Å². The highest BCUT2D eigenvalue weighted by atomic mass is 35.5. The summed E-state index contributed by atoms with van der Waals surface area (Å²) in [4.78, 5) is 12.0. The summed E-state index contributed by atoms with van der Waals surface area (Å²) >= 11 is 0. The van der Waals surface area contributed by atoms with Crippen molar-refractivity contribution in [1.82, 2.24) is 10.6 Å². The molecule has 0 spiro atoms. The fourth-order valence-corrected chi connectivity index (χ4v) is 3.70. The second-order valence-electron chi connectivity index (χ2n) is 6.52. The van der Waals surface area contributed by atoms with Crippen LogP contribution in [0.1, 0.15) is 50.0 Å². The van der Waals surface area contributed by atoms with Gasteiger partial charge in [0.1, 0.15) is 0 Å². The van der Waals surface area contributed by atoms with E-state index in [9.17, 15) is 4.79 Å². The van der Waals surface area contributed by atoms with E-state index in [4.69, 9.17) is 0 Å². The fourth-order valence-electron chi connectivity index (χ4n) is 3.70. The van der Waals surface area contributed by atoms with E-state index in [1.54, 1.807) is 0 Å². The highest BCUT2D eigenvalue weighted by Gasteiger charge is 2.25. The van der Waals surface area contributed by atoms with Crippen molar-refractivity contribution in [3.63, 3.8) is 0 Å². The quantitative estimate of drug-likeness (QED) is 0.893. The summed E-state index contributed by atoms with van der Waals surface area (Å²) in [5.74, 6) is 1.59. The Hall–Kier alpha value is -1.06. The minimum absolute atomic E-state index is 0. The molecule has 1 unspecified atom stereocenters. The molecule has 2 N–H and O–H groups in total. The maximum absolute atomic E-state index is 12.0. The predicted molar refractivity (Wildman–Crippen MR) is 92.4 cm³/mol. The van der Waals surface area contributed by atoms with Crippen molar-refractivity contribution in [3.8, 4) is 0 Å². The molecule has 2 fully saturated rings. The van der Waals surface area contributed by atoms with Gasteiger partial charge in [0.2, 0.25) is 5.91 Å². The van der Waals surface area contributed by atoms with E-state index >= 15 is 0 Å². The van der Waals surface area contributed by atoms with Gasteiger partial charge in [0.25, 0.3) is 0 Å². The van der Waals surface area contributed by atoms with Gasteiger partial charge in [-0.2, -0.15) is 0 Å². The van der Waals surface area contributed by atoms with Crippen LogP contribution >= 0.6 is 12.4 Å². The Balaban J connectivity index is 0.00000176. The number of benzene rings is 1. The molecule has 3 rings (SSSR count). The average Bonchev–Trinajstić information content (AvgIpc) is 3.08. The highest BCUT2D eigenvalue weighted by Crippen LogP contribution is 2.35. The fraction of sp³-hybridized carbons (Fsp3) is 0.611. The summed E-state index contributed by atoms with van der Waals surface area (Å²) < 4.78 is 0. The van der Waals surface area contributed by atoms with Gasteiger partial charge in [-0.25, -0.2) is 0 Å². The maximum atomic E-state index is 12.0. The molecular formula is C18H27ClN2O. The molecular weight excluding hydrogens is 296 g/mol. The standard InChI is InChI=1S/C18H26N2O.ClH/c21-18(17-7-4-12-19-17)20-13-14-8-10-16(11-9-14)15-5-2-1-3-6-15;/h1-3,5-6,14,16-17,19H,4,7-13H2,(H,20,21);1H. The molecule has 2 aliphatic rings. The van der Waals surface area contributed by atoms with Gasteiger partial charge in [0.05, 0.1) is 6.04 Å². The van der Waals surface area contributed by atoms with Crippen molar-refractivity contribution >= 4 is 18.3 Å².